The van der Waals surface area contributed by atoms with Crippen LogP contribution < -0.4 is 4.74 Å². The van der Waals surface area contributed by atoms with E-state index in [-0.39, 0.29) is 29.4 Å². The van der Waals surface area contributed by atoms with E-state index in [1.807, 2.05) is 43.0 Å². The molecule has 2 atom stereocenters. The molecule has 5 nitrogen and oxygen atoms in total. The normalized spacial score (nSPS) is 26.0. The lowest BCUT2D eigenvalue weighted by Gasteiger charge is -2.40. The van der Waals surface area contributed by atoms with Crippen LogP contribution in [0.15, 0.2) is 24.3 Å². The third-order valence-electron chi connectivity index (χ3n) is 5.36. The van der Waals surface area contributed by atoms with Gasteiger partial charge in [-0.05, 0) is 32.8 Å². The number of para-hydroxylation sites is 1. The van der Waals surface area contributed by atoms with Crippen molar-refractivity contribution in [3.8, 4) is 5.75 Å². The van der Waals surface area contributed by atoms with Crippen LogP contribution in [0.1, 0.15) is 57.9 Å². The van der Waals surface area contributed by atoms with Crippen molar-refractivity contribution in [2.75, 3.05) is 18.1 Å². The van der Waals surface area contributed by atoms with Crippen LogP contribution in [0.4, 0.5) is 0 Å². The molecular weight excluding hydrogens is 350 g/mol. The van der Waals surface area contributed by atoms with Crippen LogP contribution in [0.3, 0.4) is 0 Å². The second-order valence-corrected chi connectivity index (χ2v) is 10.3. The number of amides is 1. The van der Waals surface area contributed by atoms with Gasteiger partial charge < -0.3 is 9.64 Å². The molecule has 0 bridgehead atoms. The van der Waals surface area contributed by atoms with Gasteiger partial charge in [0.1, 0.15) is 11.4 Å². The van der Waals surface area contributed by atoms with E-state index >= 15 is 0 Å². The van der Waals surface area contributed by atoms with E-state index in [1.54, 1.807) is 0 Å². The summed E-state index contributed by atoms with van der Waals surface area (Å²) in [5, 5.41) is 0. The molecule has 1 aromatic rings. The van der Waals surface area contributed by atoms with Crippen molar-refractivity contribution in [3.63, 3.8) is 0 Å². The first kappa shape index (κ1) is 19.2. The zero-order valence-corrected chi connectivity index (χ0v) is 16.7. The average Bonchev–Trinajstić information content (AvgIpc) is 2.93. The molecule has 1 fully saturated rings. The van der Waals surface area contributed by atoms with Crippen molar-refractivity contribution in [2.24, 2.45) is 0 Å². The Morgan fingerprint density at radius 1 is 1.31 bits per heavy atom. The van der Waals surface area contributed by atoms with Gasteiger partial charge >= 0.3 is 0 Å². The van der Waals surface area contributed by atoms with Crippen molar-refractivity contribution < 1.29 is 17.9 Å². The number of carbonyl (C=O) groups excluding carboxylic acids is 1. The minimum Gasteiger partial charge on any atom is -0.488 e. The lowest BCUT2D eigenvalue weighted by atomic mass is 9.83. The molecule has 1 saturated heterocycles. The van der Waals surface area contributed by atoms with Crippen molar-refractivity contribution in [3.05, 3.63) is 29.8 Å². The number of hydrogen-bond acceptors (Lipinski definition) is 4. The maximum absolute atomic E-state index is 13.5. The molecule has 0 spiro atoms. The summed E-state index contributed by atoms with van der Waals surface area (Å²) in [5.74, 6) is 0.802. The zero-order valence-electron chi connectivity index (χ0n) is 15.9. The molecule has 0 aliphatic carbocycles. The summed E-state index contributed by atoms with van der Waals surface area (Å²) in [5.41, 5.74) is 0.492. The van der Waals surface area contributed by atoms with Crippen LogP contribution in [-0.4, -0.2) is 48.9 Å². The minimum absolute atomic E-state index is 0.0457. The highest BCUT2D eigenvalue weighted by Crippen LogP contribution is 2.42. The van der Waals surface area contributed by atoms with Gasteiger partial charge in [0.25, 0.3) is 0 Å². The second kappa shape index (κ2) is 7.22. The van der Waals surface area contributed by atoms with Gasteiger partial charge in [-0.1, -0.05) is 31.5 Å². The van der Waals surface area contributed by atoms with Gasteiger partial charge in [-0.3, -0.25) is 4.79 Å². The predicted octanol–water partition coefficient (Wildman–Crippen LogP) is 3.15. The SMILES string of the molecule is CCCCN(C(=O)C1CC(C)(C)Oc2ccccc21)C1CCS(=O)(=O)C1. The number of ether oxygens (including phenoxy) is 1. The van der Waals surface area contributed by atoms with Crippen molar-refractivity contribution in [2.45, 2.75) is 64.0 Å². The Morgan fingerprint density at radius 3 is 2.69 bits per heavy atom. The van der Waals surface area contributed by atoms with E-state index in [1.165, 1.54) is 0 Å². The molecule has 1 amide bonds. The molecule has 0 radical (unpaired) electrons. The number of fused-ring (bicyclic) bond motifs is 1. The fourth-order valence-electron chi connectivity index (χ4n) is 4.05. The molecule has 6 heteroatoms. The van der Waals surface area contributed by atoms with Crippen LogP contribution in [0.5, 0.6) is 5.75 Å². The fourth-order valence-corrected chi connectivity index (χ4v) is 5.78. The Morgan fingerprint density at radius 2 is 2.04 bits per heavy atom. The van der Waals surface area contributed by atoms with E-state index in [2.05, 4.69) is 6.92 Å². The molecule has 2 aliphatic rings. The zero-order chi connectivity index (χ0) is 18.9. The highest BCUT2D eigenvalue weighted by atomic mass is 32.2. The third-order valence-corrected chi connectivity index (χ3v) is 7.11. The van der Waals surface area contributed by atoms with E-state index in [0.29, 0.717) is 19.4 Å². The first-order chi connectivity index (χ1) is 12.2. The van der Waals surface area contributed by atoms with Crippen LogP contribution >= 0.6 is 0 Å². The predicted molar refractivity (Wildman–Crippen MR) is 102 cm³/mol. The Kier molecular flexibility index (Phi) is 5.33. The maximum Gasteiger partial charge on any atom is 0.230 e. The van der Waals surface area contributed by atoms with Crippen LogP contribution in [0.2, 0.25) is 0 Å². The molecule has 26 heavy (non-hydrogen) atoms. The number of nitrogens with zero attached hydrogens (tertiary/aromatic N) is 1. The van der Waals surface area contributed by atoms with E-state index in [4.69, 9.17) is 4.74 Å². The summed E-state index contributed by atoms with van der Waals surface area (Å²) in [6.07, 6.45) is 3.01. The highest BCUT2D eigenvalue weighted by molar-refractivity contribution is 7.91. The summed E-state index contributed by atoms with van der Waals surface area (Å²) in [6.45, 7) is 6.70. The lowest BCUT2D eigenvalue weighted by Crippen LogP contribution is -2.47. The van der Waals surface area contributed by atoms with Crippen LogP contribution in [0, 0.1) is 0 Å². The lowest BCUT2D eigenvalue weighted by molar-refractivity contribution is -0.136. The molecule has 2 aliphatic heterocycles. The van der Waals surface area contributed by atoms with Gasteiger partial charge in [-0.2, -0.15) is 0 Å². The first-order valence-corrected chi connectivity index (χ1v) is 11.3. The molecule has 3 rings (SSSR count). The van der Waals surface area contributed by atoms with Crippen LogP contribution in [0.25, 0.3) is 0 Å². The second-order valence-electron chi connectivity index (χ2n) is 8.10. The van der Waals surface area contributed by atoms with Gasteiger partial charge in [0.2, 0.25) is 5.91 Å². The first-order valence-electron chi connectivity index (χ1n) is 9.51. The topological polar surface area (TPSA) is 63.7 Å². The molecule has 2 unspecified atom stereocenters. The van der Waals surface area contributed by atoms with E-state index in [9.17, 15) is 13.2 Å². The molecule has 2 heterocycles. The average molecular weight is 380 g/mol. The Bertz CT molecular complexity index is 772. The van der Waals surface area contributed by atoms with E-state index in [0.717, 1.165) is 24.2 Å². The van der Waals surface area contributed by atoms with Crippen LogP contribution in [-0.2, 0) is 14.6 Å². The fraction of sp³-hybridized carbons (Fsp3) is 0.650. The minimum atomic E-state index is -3.03. The molecule has 0 N–H and O–H groups in total. The summed E-state index contributed by atoms with van der Waals surface area (Å²) in [4.78, 5) is 15.4. The molecule has 0 saturated carbocycles. The number of unbranched alkanes of at least 4 members (excludes halogenated alkanes) is 1. The number of carbonyl (C=O) groups is 1. The summed E-state index contributed by atoms with van der Waals surface area (Å²) >= 11 is 0. The number of hydrogen-bond donors (Lipinski definition) is 0. The maximum atomic E-state index is 13.5. The van der Waals surface area contributed by atoms with Gasteiger partial charge in [0.15, 0.2) is 9.84 Å². The molecule has 0 aromatic heterocycles. The van der Waals surface area contributed by atoms with Gasteiger partial charge in [0.05, 0.1) is 17.4 Å². The van der Waals surface area contributed by atoms with Crippen molar-refractivity contribution in [1.29, 1.82) is 0 Å². The molecular formula is C20H29NO4S. The van der Waals surface area contributed by atoms with E-state index < -0.39 is 15.4 Å². The smallest absolute Gasteiger partial charge is 0.230 e. The standard InChI is InChI=1S/C20H29NO4S/c1-4-5-11-21(15-10-12-26(23,24)14-15)19(22)17-13-20(2,3)25-18-9-7-6-8-16(17)18/h6-9,15,17H,4-5,10-14H2,1-3H3. The Balaban J connectivity index is 1.91. The number of rotatable bonds is 5. The third kappa shape index (κ3) is 4.05. The van der Waals surface area contributed by atoms with Gasteiger partial charge in [-0.25, -0.2) is 8.42 Å². The monoisotopic (exact) mass is 379 g/mol. The Hall–Kier alpha value is -1.56. The van der Waals surface area contributed by atoms with Crippen molar-refractivity contribution >= 4 is 15.7 Å². The van der Waals surface area contributed by atoms with Gasteiger partial charge in [-0.15, -0.1) is 0 Å². The Labute approximate surface area is 156 Å². The van der Waals surface area contributed by atoms with Crippen molar-refractivity contribution in [1.82, 2.24) is 4.90 Å². The number of sulfone groups is 1. The quantitative estimate of drug-likeness (QED) is 0.788. The molecule has 144 valence electrons. The summed E-state index contributed by atoms with van der Waals surface area (Å²) < 4.78 is 30.0. The highest BCUT2D eigenvalue weighted by Gasteiger charge is 2.42. The summed E-state index contributed by atoms with van der Waals surface area (Å²) in [7, 11) is -3.03. The molecule has 1 aromatic carbocycles. The largest absolute Gasteiger partial charge is 0.488 e. The number of benzene rings is 1. The van der Waals surface area contributed by atoms with Gasteiger partial charge in [0, 0.05) is 24.6 Å². The summed E-state index contributed by atoms with van der Waals surface area (Å²) in [6, 6.07) is 7.51.